The third kappa shape index (κ3) is 6.58. The molecule has 26 heavy (non-hydrogen) atoms. The summed E-state index contributed by atoms with van der Waals surface area (Å²) in [7, 11) is 0. The number of hydrogen-bond donors (Lipinski definition) is 2. The molecule has 6 nitrogen and oxygen atoms in total. The van der Waals surface area contributed by atoms with Gasteiger partial charge in [0.25, 0.3) is 0 Å². The van der Waals surface area contributed by atoms with Crippen molar-refractivity contribution in [1.29, 1.82) is 0 Å². The van der Waals surface area contributed by atoms with Gasteiger partial charge in [-0.25, -0.2) is 4.79 Å². The smallest absolute Gasteiger partial charge is 0.409 e. The third-order valence-corrected chi connectivity index (χ3v) is 4.50. The summed E-state index contributed by atoms with van der Waals surface area (Å²) < 4.78 is 5.07. The summed E-state index contributed by atoms with van der Waals surface area (Å²) in [4.78, 5) is 18.3. The average Bonchev–Trinajstić information content (AvgIpc) is 2.64. The first kappa shape index (κ1) is 20.1. The van der Waals surface area contributed by atoms with E-state index in [2.05, 4.69) is 48.7 Å². The second-order valence-electron chi connectivity index (χ2n) is 6.60. The molecule has 144 valence electrons. The van der Waals surface area contributed by atoms with Crippen molar-refractivity contribution >= 4 is 12.1 Å². The highest BCUT2D eigenvalue weighted by molar-refractivity contribution is 5.80. The Labute approximate surface area is 157 Å². The number of benzene rings is 1. The molecular formula is C20H32N4O2. The Hall–Kier alpha value is -2.24. The van der Waals surface area contributed by atoms with E-state index >= 15 is 0 Å². The van der Waals surface area contributed by atoms with Crippen LogP contribution in [-0.2, 0) is 11.2 Å². The van der Waals surface area contributed by atoms with Crippen molar-refractivity contribution in [2.45, 2.75) is 46.1 Å². The van der Waals surface area contributed by atoms with Crippen LogP contribution in [0.1, 0.15) is 37.8 Å². The lowest BCUT2D eigenvalue weighted by Gasteiger charge is -2.32. The Balaban J connectivity index is 1.80. The monoisotopic (exact) mass is 360 g/mol. The van der Waals surface area contributed by atoms with Crippen LogP contribution in [0.15, 0.2) is 29.3 Å². The topological polar surface area (TPSA) is 66.0 Å². The number of piperidine rings is 1. The number of aliphatic imine (C=N–C) groups is 1. The first-order chi connectivity index (χ1) is 12.6. The molecule has 2 N–H and O–H groups in total. The Morgan fingerprint density at radius 2 is 1.92 bits per heavy atom. The predicted molar refractivity (Wildman–Crippen MR) is 106 cm³/mol. The lowest BCUT2D eigenvalue weighted by molar-refractivity contribution is 0.0963. The van der Waals surface area contributed by atoms with Crippen molar-refractivity contribution in [3.05, 3.63) is 35.4 Å². The molecule has 1 heterocycles. The van der Waals surface area contributed by atoms with E-state index < -0.39 is 0 Å². The van der Waals surface area contributed by atoms with E-state index in [1.54, 1.807) is 4.90 Å². The molecule has 1 aliphatic rings. The molecule has 1 aromatic carbocycles. The van der Waals surface area contributed by atoms with Gasteiger partial charge in [0.2, 0.25) is 0 Å². The summed E-state index contributed by atoms with van der Waals surface area (Å²) >= 11 is 0. The molecule has 0 aromatic heterocycles. The number of ether oxygens (including phenoxy) is 1. The molecule has 2 rings (SSSR count). The highest BCUT2D eigenvalue weighted by Crippen LogP contribution is 2.11. The van der Waals surface area contributed by atoms with Crippen LogP contribution in [0.25, 0.3) is 0 Å². The predicted octanol–water partition coefficient (Wildman–Crippen LogP) is 2.71. The van der Waals surface area contributed by atoms with E-state index in [4.69, 9.17) is 9.73 Å². The Morgan fingerprint density at radius 1 is 1.23 bits per heavy atom. The molecule has 0 aliphatic carbocycles. The summed E-state index contributed by atoms with van der Waals surface area (Å²) in [5.41, 5.74) is 2.58. The third-order valence-electron chi connectivity index (χ3n) is 4.50. The van der Waals surface area contributed by atoms with Gasteiger partial charge in [-0.3, -0.25) is 4.99 Å². The minimum absolute atomic E-state index is 0.204. The highest BCUT2D eigenvalue weighted by atomic mass is 16.6. The van der Waals surface area contributed by atoms with Crippen LogP contribution in [0.2, 0.25) is 0 Å². The summed E-state index contributed by atoms with van der Waals surface area (Å²) in [6.07, 6.45) is 2.53. The molecule has 6 heteroatoms. The minimum atomic E-state index is -0.204. The van der Waals surface area contributed by atoms with Crippen LogP contribution in [0.5, 0.6) is 0 Å². The van der Waals surface area contributed by atoms with E-state index in [9.17, 15) is 4.79 Å². The van der Waals surface area contributed by atoms with Crippen molar-refractivity contribution in [3.8, 4) is 0 Å². The maximum Gasteiger partial charge on any atom is 0.409 e. The normalized spacial score (nSPS) is 15.7. The first-order valence-corrected chi connectivity index (χ1v) is 9.64. The Kier molecular flexibility index (Phi) is 8.25. The van der Waals surface area contributed by atoms with Crippen LogP contribution in [0.4, 0.5) is 4.79 Å². The van der Waals surface area contributed by atoms with E-state index in [-0.39, 0.29) is 6.09 Å². The van der Waals surface area contributed by atoms with Crippen LogP contribution < -0.4 is 10.6 Å². The first-order valence-electron chi connectivity index (χ1n) is 9.64. The molecule has 0 spiro atoms. The summed E-state index contributed by atoms with van der Waals surface area (Å²) in [6.45, 7) is 9.46. The molecule has 1 aromatic rings. The molecule has 0 radical (unpaired) electrons. The van der Waals surface area contributed by atoms with Crippen molar-refractivity contribution in [3.63, 3.8) is 0 Å². The van der Waals surface area contributed by atoms with Crippen molar-refractivity contribution in [2.24, 2.45) is 4.99 Å². The zero-order valence-electron chi connectivity index (χ0n) is 16.3. The van der Waals surface area contributed by atoms with Gasteiger partial charge in [-0.1, -0.05) is 29.8 Å². The summed E-state index contributed by atoms with van der Waals surface area (Å²) in [6, 6.07) is 8.93. The van der Waals surface area contributed by atoms with Crippen LogP contribution in [-0.4, -0.2) is 55.8 Å². The van der Waals surface area contributed by atoms with Gasteiger partial charge in [-0.2, -0.15) is 0 Å². The second kappa shape index (κ2) is 10.7. The number of nitrogens with one attached hydrogen (secondary N) is 2. The number of hydrogen-bond acceptors (Lipinski definition) is 3. The molecule has 0 bridgehead atoms. The molecule has 1 saturated heterocycles. The number of likely N-dealkylation sites (tertiary alicyclic amines) is 1. The van der Waals surface area contributed by atoms with Crippen LogP contribution >= 0.6 is 0 Å². The Morgan fingerprint density at radius 3 is 2.54 bits per heavy atom. The fourth-order valence-electron chi connectivity index (χ4n) is 2.99. The largest absolute Gasteiger partial charge is 0.450 e. The number of aryl methyl sites for hydroxylation is 1. The minimum Gasteiger partial charge on any atom is -0.450 e. The van der Waals surface area contributed by atoms with Gasteiger partial charge in [0.05, 0.1) is 6.61 Å². The van der Waals surface area contributed by atoms with E-state index in [1.165, 1.54) is 11.1 Å². The molecule has 0 atom stereocenters. The maximum atomic E-state index is 11.8. The number of rotatable bonds is 6. The number of carbonyl (C=O) groups excluding carboxylic acids is 1. The Bertz CT molecular complexity index is 578. The molecule has 1 amide bonds. The lowest BCUT2D eigenvalue weighted by atomic mass is 10.1. The number of guanidine groups is 1. The van der Waals surface area contributed by atoms with Crippen LogP contribution in [0.3, 0.4) is 0 Å². The molecule has 0 unspecified atom stereocenters. The second-order valence-corrected chi connectivity index (χ2v) is 6.60. The van der Waals surface area contributed by atoms with Gasteiger partial charge in [0.15, 0.2) is 5.96 Å². The van der Waals surface area contributed by atoms with Crippen molar-refractivity contribution in [1.82, 2.24) is 15.5 Å². The zero-order valence-corrected chi connectivity index (χ0v) is 16.3. The van der Waals surface area contributed by atoms with Gasteiger partial charge in [-0.05, 0) is 45.6 Å². The fourth-order valence-corrected chi connectivity index (χ4v) is 2.99. The van der Waals surface area contributed by atoms with E-state index in [0.29, 0.717) is 12.6 Å². The quantitative estimate of drug-likeness (QED) is 0.605. The molecule has 1 fully saturated rings. The maximum absolute atomic E-state index is 11.8. The molecule has 1 aliphatic heterocycles. The standard InChI is InChI=1S/C20H32N4O2/c1-4-21-19(22-13-10-17-8-6-16(3)7-9-17)23-18-11-14-24(15-12-18)20(25)26-5-2/h6-9,18H,4-5,10-15H2,1-3H3,(H2,21,22,23). The van der Waals surface area contributed by atoms with Gasteiger partial charge in [-0.15, -0.1) is 0 Å². The summed E-state index contributed by atoms with van der Waals surface area (Å²) in [5.74, 6) is 0.856. The lowest BCUT2D eigenvalue weighted by Crippen LogP contribution is -2.50. The summed E-state index contributed by atoms with van der Waals surface area (Å²) in [5, 5.41) is 6.82. The van der Waals surface area contributed by atoms with E-state index in [0.717, 1.165) is 51.4 Å². The van der Waals surface area contributed by atoms with E-state index in [1.807, 2.05) is 6.92 Å². The van der Waals surface area contributed by atoms with Gasteiger partial charge < -0.3 is 20.3 Å². The van der Waals surface area contributed by atoms with Crippen LogP contribution in [0, 0.1) is 6.92 Å². The fraction of sp³-hybridized carbons (Fsp3) is 0.600. The average molecular weight is 361 g/mol. The molecule has 0 saturated carbocycles. The number of carbonyl (C=O) groups is 1. The number of amides is 1. The highest BCUT2D eigenvalue weighted by Gasteiger charge is 2.23. The SMILES string of the molecule is CCNC(=NCCc1ccc(C)cc1)NC1CCN(C(=O)OCC)CC1. The van der Waals surface area contributed by atoms with Crippen molar-refractivity contribution in [2.75, 3.05) is 32.8 Å². The van der Waals surface area contributed by atoms with Gasteiger partial charge in [0.1, 0.15) is 0 Å². The van der Waals surface area contributed by atoms with Gasteiger partial charge >= 0.3 is 6.09 Å². The zero-order chi connectivity index (χ0) is 18.8. The number of nitrogens with zero attached hydrogens (tertiary/aromatic N) is 2. The molecular weight excluding hydrogens is 328 g/mol. The van der Waals surface area contributed by atoms with Crippen molar-refractivity contribution < 1.29 is 9.53 Å². The van der Waals surface area contributed by atoms with Gasteiger partial charge in [0, 0.05) is 32.2 Å².